The Kier molecular flexibility index (Phi) is 3.90. The van der Waals surface area contributed by atoms with Gasteiger partial charge in [0, 0.05) is 25.7 Å². The Morgan fingerprint density at radius 3 is 2.74 bits per heavy atom. The number of imidazole rings is 1. The van der Waals surface area contributed by atoms with Crippen LogP contribution in [0.1, 0.15) is 18.4 Å². The molecule has 1 aliphatic heterocycles. The molecule has 3 heterocycles. The van der Waals surface area contributed by atoms with Crippen molar-refractivity contribution >= 4 is 17.0 Å². The number of benzene rings is 1. The summed E-state index contributed by atoms with van der Waals surface area (Å²) < 4.78 is 0. The summed E-state index contributed by atoms with van der Waals surface area (Å²) in [5.41, 5.74) is 2.98. The Morgan fingerprint density at radius 1 is 1.09 bits per heavy atom. The van der Waals surface area contributed by atoms with Gasteiger partial charge in [0.2, 0.25) is 0 Å². The van der Waals surface area contributed by atoms with Gasteiger partial charge in [-0.15, -0.1) is 0 Å². The summed E-state index contributed by atoms with van der Waals surface area (Å²) in [6.45, 7) is 3.24. The Labute approximate surface area is 135 Å². The van der Waals surface area contributed by atoms with Crippen molar-refractivity contribution in [1.82, 2.24) is 24.8 Å². The molecule has 1 fully saturated rings. The molecule has 0 aliphatic carbocycles. The third-order valence-corrected chi connectivity index (χ3v) is 4.40. The van der Waals surface area contributed by atoms with Gasteiger partial charge in [-0.25, -0.2) is 15.0 Å². The van der Waals surface area contributed by atoms with Gasteiger partial charge in [0.25, 0.3) is 0 Å². The van der Waals surface area contributed by atoms with E-state index in [1.165, 1.54) is 5.56 Å². The standard InChI is InChI=1S/C17H20N6/c1-2-4-13(5-3-1)10-23-8-6-14(7-9-23)22-17-15-16(19-11-18-15)20-12-21-17/h1-5,11-12,14H,6-10H2,(H2,18,19,20,21,22). The summed E-state index contributed by atoms with van der Waals surface area (Å²) in [7, 11) is 0. The Hall–Kier alpha value is -2.47. The molecule has 1 aliphatic rings. The average molecular weight is 308 g/mol. The van der Waals surface area contributed by atoms with E-state index in [2.05, 4.69) is 60.5 Å². The number of nitrogens with zero attached hydrogens (tertiary/aromatic N) is 4. The van der Waals surface area contributed by atoms with Gasteiger partial charge in [0.15, 0.2) is 11.5 Å². The molecule has 0 saturated carbocycles. The summed E-state index contributed by atoms with van der Waals surface area (Å²) >= 11 is 0. The highest BCUT2D eigenvalue weighted by atomic mass is 15.2. The molecule has 6 heteroatoms. The predicted molar refractivity (Wildman–Crippen MR) is 90.0 cm³/mol. The average Bonchev–Trinajstić information content (AvgIpc) is 3.07. The van der Waals surface area contributed by atoms with E-state index in [0.29, 0.717) is 11.7 Å². The lowest BCUT2D eigenvalue weighted by atomic mass is 10.0. The zero-order valence-corrected chi connectivity index (χ0v) is 12.9. The Morgan fingerprint density at radius 2 is 1.91 bits per heavy atom. The molecule has 0 bridgehead atoms. The maximum Gasteiger partial charge on any atom is 0.182 e. The lowest BCUT2D eigenvalue weighted by molar-refractivity contribution is 0.211. The molecule has 0 unspecified atom stereocenters. The van der Waals surface area contributed by atoms with Gasteiger partial charge in [0.1, 0.15) is 11.8 Å². The number of H-pyrrole nitrogens is 1. The zero-order chi connectivity index (χ0) is 15.5. The topological polar surface area (TPSA) is 69.7 Å². The van der Waals surface area contributed by atoms with Gasteiger partial charge < -0.3 is 10.3 Å². The molecule has 0 radical (unpaired) electrons. The largest absolute Gasteiger partial charge is 0.365 e. The van der Waals surface area contributed by atoms with E-state index in [-0.39, 0.29) is 0 Å². The smallest absolute Gasteiger partial charge is 0.182 e. The third kappa shape index (κ3) is 3.17. The third-order valence-electron chi connectivity index (χ3n) is 4.40. The highest BCUT2D eigenvalue weighted by Gasteiger charge is 2.20. The second-order valence-electron chi connectivity index (χ2n) is 6.00. The summed E-state index contributed by atoms with van der Waals surface area (Å²) in [6.07, 6.45) is 5.46. The number of nitrogens with one attached hydrogen (secondary N) is 2. The number of anilines is 1. The molecule has 0 amide bonds. The molecule has 4 rings (SSSR count). The summed E-state index contributed by atoms with van der Waals surface area (Å²) in [6, 6.07) is 11.1. The molecule has 0 spiro atoms. The lowest BCUT2D eigenvalue weighted by Gasteiger charge is -2.32. The minimum Gasteiger partial charge on any atom is -0.365 e. The van der Waals surface area contributed by atoms with Gasteiger partial charge in [-0.2, -0.15) is 0 Å². The highest BCUT2D eigenvalue weighted by molar-refractivity contribution is 5.82. The minimum atomic E-state index is 0.448. The van der Waals surface area contributed by atoms with E-state index >= 15 is 0 Å². The van der Waals surface area contributed by atoms with Crippen LogP contribution in [-0.2, 0) is 6.54 Å². The molecular weight excluding hydrogens is 288 g/mol. The predicted octanol–water partition coefficient (Wildman–Crippen LogP) is 2.43. The molecule has 2 N–H and O–H groups in total. The fourth-order valence-electron chi connectivity index (χ4n) is 3.14. The second kappa shape index (κ2) is 6.34. The Balaban J connectivity index is 1.36. The van der Waals surface area contributed by atoms with Crippen molar-refractivity contribution in [3.05, 3.63) is 48.5 Å². The van der Waals surface area contributed by atoms with Crippen LogP contribution in [0.25, 0.3) is 11.2 Å². The molecule has 118 valence electrons. The van der Waals surface area contributed by atoms with Crippen LogP contribution in [0.2, 0.25) is 0 Å². The first-order valence-electron chi connectivity index (χ1n) is 8.05. The molecule has 1 aromatic carbocycles. The van der Waals surface area contributed by atoms with Crippen LogP contribution in [-0.4, -0.2) is 44.0 Å². The van der Waals surface area contributed by atoms with Crippen LogP contribution in [0, 0.1) is 0 Å². The quantitative estimate of drug-likeness (QED) is 0.774. The number of hydrogen-bond donors (Lipinski definition) is 2. The first kappa shape index (κ1) is 14.1. The first-order chi connectivity index (χ1) is 11.4. The van der Waals surface area contributed by atoms with Crippen molar-refractivity contribution in [1.29, 1.82) is 0 Å². The van der Waals surface area contributed by atoms with Crippen LogP contribution in [0.3, 0.4) is 0 Å². The number of aromatic amines is 1. The van der Waals surface area contributed by atoms with Crippen LogP contribution in [0.5, 0.6) is 0 Å². The van der Waals surface area contributed by atoms with Gasteiger partial charge in [-0.3, -0.25) is 4.90 Å². The molecule has 1 saturated heterocycles. The van der Waals surface area contributed by atoms with E-state index < -0.39 is 0 Å². The van der Waals surface area contributed by atoms with Crippen molar-refractivity contribution in [3.8, 4) is 0 Å². The van der Waals surface area contributed by atoms with Crippen molar-refractivity contribution < 1.29 is 0 Å². The van der Waals surface area contributed by atoms with Crippen LogP contribution in [0.4, 0.5) is 5.82 Å². The molecule has 3 aromatic rings. The summed E-state index contributed by atoms with van der Waals surface area (Å²) in [4.78, 5) is 18.3. The van der Waals surface area contributed by atoms with E-state index in [9.17, 15) is 0 Å². The van der Waals surface area contributed by atoms with Gasteiger partial charge in [0.05, 0.1) is 6.33 Å². The van der Waals surface area contributed by atoms with E-state index in [0.717, 1.165) is 43.8 Å². The molecule has 0 atom stereocenters. The number of likely N-dealkylation sites (tertiary alicyclic amines) is 1. The van der Waals surface area contributed by atoms with E-state index in [1.54, 1.807) is 12.7 Å². The van der Waals surface area contributed by atoms with Gasteiger partial charge in [-0.1, -0.05) is 30.3 Å². The zero-order valence-electron chi connectivity index (χ0n) is 12.9. The van der Waals surface area contributed by atoms with E-state index in [1.807, 2.05) is 0 Å². The summed E-state index contributed by atoms with van der Waals surface area (Å²) in [5.74, 6) is 0.856. The van der Waals surface area contributed by atoms with Crippen LogP contribution in [0.15, 0.2) is 43.0 Å². The normalized spacial score (nSPS) is 16.7. The molecule has 23 heavy (non-hydrogen) atoms. The number of fused-ring (bicyclic) bond motifs is 1. The van der Waals surface area contributed by atoms with Crippen LogP contribution < -0.4 is 5.32 Å². The molecular formula is C17H20N6. The summed E-state index contributed by atoms with van der Waals surface area (Å²) in [5, 5.41) is 3.55. The van der Waals surface area contributed by atoms with Crippen molar-refractivity contribution in [3.63, 3.8) is 0 Å². The highest BCUT2D eigenvalue weighted by Crippen LogP contribution is 2.20. The van der Waals surface area contributed by atoms with Gasteiger partial charge >= 0.3 is 0 Å². The first-order valence-corrected chi connectivity index (χ1v) is 8.05. The van der Waals surface area contributed by atoms with Crippen molar-refractivity contribution in [2.75, 3.05) is 18.4 Å². The number of rotatable bonds is 4. The minimum absolute atomic E-state index is 0.448. The lowest BCUT2D eigenvalue weighted by Crippen LogP contribution is -2.38. The monoisotopic (exact) mass is 308 g/mol. The second-order valence-corrected chi connectivity index (χ2v) is 6.00. The number of aromatic nitrogens is 4. The fraction of sp³-hybridized carbons (Fsp3) is 0.353. The maximum absolute atomic E-state index is 4.35. The molecule has 6 nitrogen and oxygen atoms in total. The van der Waals surface area contributed by atoms with Gasteiger partial charge in [-0.05, 0) is 18.4 Å². The maximum atomic E-state index is 4.35. The van der Waals surface area contributed by atoms with Crippen LogP contribution >= 0.6 is 0 Å². The van der Waals surface area contributed by atoms with Crippen molar-refractivity contribution in [2.24, 2.45) is 0 Å². The Bertz CT molecular complexity index is 761. The SMILES string of the molecule is c1ccc(CN2CCC(Nc3ncnc4nc[nH]c34)CC2)cc1. The number of piperidine rings is 1. The van der Waals surface area contributed by atoms with Crippen molar-refractivity contribution in [2.45, 2.75) is 25.4 Å². The fourth-order valence-corrected chi connectivity index (χ4v) is 3.14. The van der Waals surface area contributed by atoms with E-state index in [4.69, 9.17) is 0 Å². The number of hydrogen-bond acceptors (Lipinski definition) is 5. The molecule has 2 aromatic heterocycles.